The summed E-state index contributed by atoms with van der Waals surface area (Å²) in [5.41, 5.74) is 9.58. The van der Waals surface area contributed by atoms with Crippen LogP contribution < -0.4 is 5.73 Å². The molecule has 2 N–H and O–H groups in total. The van der Waals surface area contributed by atoms with Crippen LogP contribution in [0.5, 0.6) is 0 Å². The van der Waals surface area contributed by atoms with Crippen LogP contribution in [0.4, 0.5) is 5.69 Å². The first-order valence-electron chi connectivity index (χ1n) is 5.84. The van der Waals surface area contributed by atoms with Crippen LogP contribution in [0.3, 0.4) is 0 Å². The highest BCUT2D eigenvalue weighted by atomic mass is 15.1. The van der Waals surface area contributed by atoms with Crippen LogP contribution >= 0.6 is 0 Å². The van der Waals surface area contributed by atoms with E-state index in [1.807, 2.05) is 12.1 Å². The summed E-state index contributed by atoms with van der Waals surface area (Å²) in [6, 6.07) is 8.36. The topological polar surface area (TPSA) is 30.9 Å². The maximum absolute atomic E-state index is 6.02. The number of anilines is 1. The molecule has 1 aromatic carbocycles. The van der Waals surface area contributed by atoms with Gasteiger partial charge in [-0.25, -0.2) is 0 Å². The normalized spacial score (nSPS) is 12.2. The summed E-state index contributed by atoms with van der Waals surface area (Å²) in [5.74, 6) is 0. The van der Waals surface area contributed by atoms with Crippen molar-refractivity contribution in [2.75, 3.05) is 5.73 Å². The van der Waals surface area contributed by atoms with Crippen molar-refractivity contribution in [2.45, 2.75) is 39.7 Å². The van der Waals surface area contributed by atoms with Gasteiger partial charge in [-0.05, 0) is 45.4 Å². The van der Waals surface area contributed by atoms with Gasteiger partial charge < -0.3 is 10.3 Å². The lowest BCUT2D eigenvalue weighted by Gasteiger charge is -2.25. The van der Waals surface area contributed by atoms with Crippen molar-refractivity contribution < 1.29 is 0 Å². The number of nitrogens with two attached hydrogens (primary N) is 1. The number of fused-ring (bicyclic) bond motifs is 1. The van der Waals surface area contributed by atoms with Crippen LogP contribution in [0.15, 0.2) is 24.3 Å². The molecular formula is C14H20N2. The van der Waals surface area contributed by atoms with Crippen molar-refractivity contribution in [3.63, 3.8) is 0 Å². The predicted octanol–water partition coefficient (Wildman–Crippen LogP) is 3.54. The van der Waals surface area contributed by atoms with E-state index in [4.69, 9.17) is 5.73 Å². The van der Waals surface area contributed by atoms with E-state index in [-0.39, 0.29) is 5.54 Å². The van der Waals surface area contributed by atoms with Gasteiger partial charge in [0, 0.05) is 22.3 Å². The number of benzene rings is 1. The Labute approximate surface area is 97.1 Å². The SMILES string of the molecule is CCc1cc2c(N)cccc2n1C(C)(C)C. The monoisotopic (exact) mass is 216 g/mol. The van der Waals surface area contributed by atoms with E-state index in [0.717, 1.165) is 12.1 Å². The van der Waals surface area contributed by atoms with Gasteiger partial charge in [-0.3, -0.25) is 0 Å². The van der Waals surface area contributed by atoms with Crippen molar-refractivity contribution in [3.8, 4) is 0 Å². The molecule has 0 saturated heterocycles. The van der Waals surface area contributed by atoms with Gasteiger partial charge in [-0.2, -0.15) is 0 Å². The van der Waals surface area contributed by atoms with Crippen molar-refractivity contribution >= 4 is 16.6 Å². The average Bonchev–Trinajstić information content (AvgIpc) is 2.57. The molecule has 0 saturated carbocycles. The van der Waals surface area contributed by atoms with E-state index in [1.165, 1.54) is 16.6 Å². The van der Waals surface area contributed by atoms with Gasteiger partial charge in [0.2, 0.25) is 0 Å². The molecule has 0 fully saturated rings. The number of rotatable bonds is 1. The molecular weight excluding hydrogens is 196 g/mol. The molecule has 0 bridgehead atoms. The maximum Gasteiger partial charge on any atom is 0.0508 e. The minimum Gasteiger partial charge on any atom is -0.398 e. The van der Waals surface area contributed by atoms with E-state index < -0.39 is 0 Å². The van der Waals surface area contributed by atoms with Gasteiger partial charge in [-0.15, -0.1) is 0 Å². The summed E-state index contributed by atoms with van der Waals surface area (Å²) >= 11 is 0. The third-order valence-corrected chi connectivity index (χ3v) is 2.99. The number of nitrogen functional groups attached to an aromatic ring is 1. The summed E-state index contributed by atoms with van der Waals surface area (Å²) in [5, 5.41) is 1.18. The van der Waals surface area contributed by atoms with E-state index in [9.17, 15) is 0 Å². The van der Waals surface area contributed by atoms with Crippen molar-refractivity contribution in [1.82, 2.24) is 4.57 Å². The fraction of sp³-hybridized carbons (Fsp3) is 0.429. The molecule has 0 unspecified atom stereocenters. The minimum absolute atomic E-state index is 0.0981. The summed E-state index contributed by atoms with van der Waals surface area (Å²) in [6.45, 7) is 8.88. The van der Waals surface area contributed by atoms with Gasteiger partial charge in [0.25, 0.3) is 0 Å². The second-order valence-electron chi connectivity index (χ2n) is 5.28. The predicted molar refractivity (Wildman–Crippen MR) is 70.7 cm³/mol. The fourth-order valence-corrected chi connectivity index (χ4v) is 2.36. The van der Waals surface area contributed by atoms with Crippen LogP contribution in [0, 0.1) is 0 Å². The maximum atomic E-state index is 6.02. The zero-order valence-corrected chi connectivity index (χ0v) is 10.5. The van der Waals surface area contributed by atoms with Gasteiger partial charge in [0.05, 0.1) is 5.52 Å². The van der Waals surface area contributed by atoms with Crippen molar-refractivity contribution in [2.24, 2.45) is 0 Å². The van der Waals surface area contributed by atoms with Gasteiger partial charge in [0.1, 0.15) is 0 Å². The van der Waals surface area contributed by atoms with E-state index >= 15 is 0 Å². The summed E-state index contributed by atoms with van der Waals surface area (Å²) in [7, 11) is 0. The molecule has 1 aromatic heterocycles. The Balaban J connectivity index is 2.84. The Morgan fingerprint density at radius 3 is 2.50 bits per heavy atom. The van der Waals surface area contributed by atoms with Gasteiger partial charge in [-0.1, -0.05) is 13.0 Å². The largest absolute Gasteiger partial charge is 0.398 e. The summed E-state index contributed by atoms with van der Waals surface area (Å²) in [6.07, 6.45) is 1.03. The molecule has 2 nitrogen and oxygen atoms in total. The zero-order chi connectivity index (χ0) is 11.9. The highest BCUT2D eigenvalue weighted by Gasteiger charge is 2.19. The number of aromatic nitrogens is 1. The van der Waals surface area contributed by atoms with E-state index in [1.54, 1.807) is 0 Å². The number of hydrogen-bond acceptors (Lipinski definition) is 1. The average molecular weight is 216 g/mol. The zero-order valence-electron chi connectivity index (χ0n) is 10.5. The lowest BCUT2D eigenvalue weighted by atomic mass is 10.1. The lowest BCUT2D eigenvalue weighted by molar-refractivity contribution is 0.399. The van der Waals surface area contributed by atoms with Crippen molar-refractivity contribution in [1.29, 1.82) is 0 Å². The molecule has 0 aliphatic carbocycles. The molecule has 1 heterocycles. The first-order valence-corrected chi connectivity index (χ1v) is 5.84. The molecule has 2 heteroatoms. The van der Waals surface area contributed by atoms with Gasteiger partial charge >= 0.3 is 0 Å². The van der Waals surface area contributed by atoms with Crippen LogP contribution in [0.25, 0.3) is 10.9 Å². The molecule has 0 aliphatic heterocycles. The molecule has 0 atom stereocenters. The third kappa shape index (κ3) is 1.58. The Bertz CT molecular complexity index is 515. The molecule has 2 rings (SSSR count). The number of aryl methyl sites for hydroxylation is 1. The van der Waals surface area contributed by atoms with E-state index in [2.05, 4.69) is 44.4 Å². The van der Waals surface area contributed by atoms with Gasteiger partial charge in [0.15, 0.2) is 0 Å². The van der Waals surface area contributed by atoms with Crippen LogP contribution in [0.1, 0.15) is 33.4 Å². The molecule has 0 spiro atoms. The van der Waals surface area contributed by atoms with E-state index in [0.29, 0.717) is 0 Å². The molecule has 2 aromatic rings. The Kier molecular flexibility index (Phi) is 2.45. The highest BCUT2D eigenvalue weighted by Crippen LogP contribution is 2.30. The van der Waals surface area contributed by atoms with Crippen molar-refractivity contribution in [3.05, 3.63) is 30.0 Å². The summed E-state index contributed by atoms with van der Waals surface area (Å²) < 4.78 is 2.39. The molecule has 0 aliphatic rings. The quantitative estimate of drug-likeness (QED) is 0.726. The Morgan fingerprint density at radius 2 is 1.94 bits per heavy atom. The molecule has 0 amide bonds. The molecule has 0 radical (unpaired) electrons. The third-order valence-electron chi connectivity index (χ3n) is 2.99. The summed E-state index contributed by atoms with van der Waals surface area (Å²) in [4.78, 5) is 0. The standard InChI is InChI=1S/C14H20N2/c1-5-10-9-11-12(15)7-6-8-13(11)16(10)14(2,3)4/h6-9H,5,15H2,1-4H3. The highest BCUT2D eigenvalue weighted by molar-refractivity contribution is 5.92. The first kappa shape index (κ1) is 11.1. The fourth-order valence-electron chi connectivity index (χ4n) is 2.36. The van der Waals surface area contributed by atoms with Crippen LogP contribution in [-0.4, -0.2) is 4.57 Å². The smallest absolute Gasteiger partial charge is 0.0508 e. The second kappa shape index (κ2) is 3.55. The lowest BCUT2D eigenvalue weighted by Crippen LogP contribution is -2.23. The second-order valence-corrected chi connectivity index (χ2v) is 5.28. The Hall–Kier alpha value is -1.44. The first-order chi connectivity index (χ1) is 7.45. The van der Waals surface area contributed by atoms with Crippen LogP contribution in [-0.2, 0) is 12.0 Å². The molecule has 16 heavy (non-hydrogen) atoms. The number of nitrogens with zero attached hydrogens (tertiary/aromatic N) is 1. The number of hydrogen-bond donors (Lipinski definition) is 1. The van der Waals surface area contributed by atoms with Crippen LogP contribution in [0.2, 0.25) is 0 Å². The minimum atomic E-state index is 0.0981. The Morgan fingerprint density at radius 1 is 1.25 bits per heavy atom. The molecule has 86 valence electrons.